The topological polar surface area (TPSA) is 49.6 Å². The van der Waals surface area contributed by atoms with Gasteiger partial charge in [0.2, 0.25) is 0 Å². The second-order valence-electron chi connectivity index (χ2n) is 17.1. The van der Waals surface area contributed by atoms with Crippen LogP contribution in [0.4, 0.5) is 0 Å². The van der Waals surface area contributed by atoms with Crippen molar-refractivity contribution >= 4 is 22.8 Å². The summed E-state index contributed by atoms with van der Waals surface area (Å²) in [4.78, 5) is 15.3. The Balaban J connectivity index is 1.44. The van der Waals surface area contributed by atoms with Crippen molar-refractivity contribution in [3.05, 3.63) is 76.6 Å². The SMILES string of the molecule is CCCCCCCCC1C2=C(CCC(c3ccc(C4N=C(C(C)(C)C)NC(C(C)(C)C)=N4)cn3)=C2)c2ccccc2C1CCCCCCC. The molecule has 2 aliphatic carbocycles. The molecule has 0 spiro atoms. The Kier molecular flexibility index (Phi) is 12.8. The number of amidine groups is 2. The molecule has 0 amide bonds. The van der Waals surface area contributed by atoms with Crippen molar-refractivity contribution in [1.29, 1.82) is 0 Å². The molecule has 1 aromatic carbocycles. The molecule has 2 heterocycles. The molecule has 5 rings (SSSR count). The van der Waals surface area contributed by atoms with Crippen LogP contribution in [-0.4, -0.2) is 16.7 Å². The molecule has 266 valence electrons. The van der Waals surface area contributed by atoms with Crippen molar-refractivity contribution in [2.75, 3.05) is 0 Å². The highest BCUT2D eigenvalue weighted by atomic mass is 15.2. The maximum absolute atomic E-state index is 5.11. The van der Waals surface area contributed by atoms with E-state index in [-0.39, 0.29) is 17.0 Å². The Morgan fingerprint density at radius 2 is 1.27 bits per heavy atom. The van der Waals surface area contributed by atoms with Gasteiger partial charge in [0.25, 0.3) is 0 Å². The molecular weight excluding hydrogens is 597 g/mol. The van der Waals surface area contributed by atoms with Crippen LogP contribution in [0, 0.1) is 16.7 Å². The fraction of sp³-hybridized carbons (Fsp3) is 0.622. The Bertz CT molecular complexity index is 1480. The first-order chi connectivity index (χ1) is 23.5. The Labute approximate surface area is 299 Å². The van der Waals surface area contributed by atoms with Gasteiger partial charge in [-0.1, -0.05) is 162 Å². The van der Waals surface area contributed by atoms with Crippen LogP contribution in [0.15, 0.2) is 64.2 Å². The first-order valence-corrected chi connectivity index (χ1v) is 19.9. The lowest BCUT2D eigenvalue weighted by molar-refractivity contribution is 0.394. The zero-order valence-electron chi connectivity index (χ0n) is 32.3. The van der Waals surface area contributed by atoms with Crippen LogP contribution in [0.1, 0.15) is 186 Å². The van der Waals surface area contributed by atoms with Gasteiger partial charge in [0.15, 0.2) is 6.17 Å². The van der Waals surface area contributed by atoms with Crippen LogP contribution in [0.2, 0.25) is 0 Å². The highest BCUT2D eigenvalue weighted by molar-refractivity contribution is 6.06. The summed E-state index contributed by atoms with van der Waals surface area (Å²) in [5.74, 6) is 3.19. The summed E-state index contributed by atoms with van der Waals surface area (Å²) in [5.41, 5.74) is 9.76. The minimum atomic E-state index is -0.268. The third-order valence-corrected chi connectivity index (χ3v) is 11.0. The van der Waals surface area contributed by atoms with Crippen molar-refractivity contribution in [1.82, 2.24) is 10.3 Å². The quantitative estimate of drug-likeness (QED) is 0.193. The van der Waals surface area contributed by atoms with Gasteiger partial charge in [0.1, 0.15) is 11.7 Å². The summed E-state index contributed by atoms with van der Waals surface area (Å²) >= 11 is 0. The maximum atomic E-state index is 5.11. The molecular formula is C45H66N4. The van der Waals surface area contributed by atoms with E-state index in [1.807, 2.05) is 6.20 Å². The Morgan fingerprint density at radius 1 is 0.673 bits per heavy atom. The Hall–Kier alpha value is -3.01. The second-order valence-corrected chi connectivity index (χ2v) is 17.1. The molecule has 0 fully saturated rings. The monoisotopic (exact) mass is 663 g/mol. The van der Waals surface area contributed by atoms with E-state index in [0.717, 1.165) is 35.8 Å². The molecule has 2 unspecified atom stereocenters. The maximum Gasteiger partial charge on any atom is 0.170 e. The van der Waals surface area contributed by atoms with E-state index in [1.165, 1.54) is 94.6 Å². The number of hydrogen-bond donors (Lipinski definition) is 1. The van der Waals surface area contributed by atoms with E-state index >= 15 is 0 Å². The van der Waals surface area contributed by atoms with E-state index in [1.54, 1.807) is 16.7 Å². The Morgan fingerprint density at radius 3 is 1.86 bits per heavy atom. The average molecular weight is 663 g/mol. The smallest absolute Gasteiger partial charge is 0.170 e. The predicted molar refractivity (Wildman–Crippen MR) is 212 cm³/mol. The van der Waals surface area contributed by atoms with Crippen molar-refractivity contribution in [2.45, 2.75) is 164 Å². The minimum Gasteiger partial charge on any atom is -0.332 e. The van der Waals surface area contributed by atoms with Crippen LogP contribution in [0.25, 0.3) is 11.1 Å². The molecule has 0 bridgehead atoms. The van der Waals surface area contributed by atoms with E-state index in [9.17, 15) is 0 Å². The first-order valence-electron chi connectivity index (χ1n) is 19.9. The first kappa shape index (κ1) is 37.3. The normalized spacial score (nSPS) is 19.9. The van der Waals surface area contributed by atoms with E-state index < -0.39 is 0 Å². The van der Waals surface area contributed by atoms with Gasteiger partial charge in [-0.3, -0.25) is 4.98 Å². The molecule has 49 heavy (non-hydrogen) atoms. The fourth-order valence-electron chi connectivity index (χ4n) is 8.04. The van der Waals surface area contributed by atoms with Crippen molar-refractivity contribution in [3.63, 3.8) is 0 Å². The number of fused-ring (bicyclic) bond motifs is 2. The zero-order valence-corrected chi connectivity index (χ0v) is 32.3. The van der Waals surface area contributed by atoms with Crippen LogP contribution in [-0.2, 0) is 0 Å². The lowest BCUT2D eigenvalue weighted by atomic mass is 9.65. The standard InChI is InChI=1S/C45H66N4/c1-9-11-13-15-17-19-23-37-35(22-18-16-14-12-10-2)34-24-20-21-25-36(34)38-28-26-32(30-39(37)38)40-29-27-33(31-46-40)41-47-42(44(3,4)5)49-43(48-41)45(6,7)8/h20-21,24-25,27,29-31,35,37,41H,9-19,22-23,26,28H2,1-8H3,(H,47,48,49). The molecule has 2 atom stereocenters. The van der Waals surface area contributed by atoms with Crippen molar-refractivity contribution < 1.29 is 0 Å². The number of rotatable bonds is 15. The lowest BCUT2D eigenvalue weighted by Gasteiger charge is -2.39. The molecule has 0 saturated carbocycles. The van der Waals surface area contributed by atoms with Crippen molar-refractivity contribution in [2.24, 2.45) is 26.7 Å². The van der Waals surface area contributed by atoms with E-state index in [2.05, 4.69) is 103 Å². The number of pyridine rings is 1. The number of allylic oxidation sites excluding steroid dienone is 4. The highest BCUT2D eigenvalue weighted by Crippen LogP contribution is 2.51. The molecule has 0 radical (unpaired) electrons. The van der Waals surface area contributed by atoms with Crippen LogP contribution < -0.4 is 5.32 Å². The second kappa shape index (κ2) is 16.8. The van der Waals surface area contributed by atoms with Gasteiger partial charge in [-0.2, -0.15) is 0 Å². The lowest BCUT2D eigenvalue weighted by Crippen LogP contribution is -2.47. The average Bonchev–Trinajstić information content (AvgIpc) is 3.09. The highest BCUT2D eigenvalue weighted by Gasteiger charge is 2.36. The summed E-state index contributed by atoms with van der Waals surface area (Å²) in [6, 6.07) is 13.9. The van der Waals surface area contributed by atoms with Gasteiger partial charge < -0.3 is 5.32 Å². The van der Waals surface area contributed by atoms with E-state index in [4.69, 9.17) is 15.0 Å². The summed E-state index contributed by atoms with van der Waals surface area (Å²) in [6.07, 6.45) is 24.0. The van der Waals surface area contributed by atoms with E-state index in [0.29, 0.717) is 11.8 Å². The molecule has 4 nitrogen and oxygen atoms in total. The zero-order chi connectivity index (χ0) is 35.0. The largest absolute Gasteiger partial charge is 0.332 e. The molecule has 1 aliphatic heterocycles. The molecule has 3 aliphatic rings. The van der Waals surface area contributed by atoms with Crippen LogP contribution >= 0.6 is 0 Å². The predicted octanol–water partition coefficient (Wildman–Crippen LogP) is 13.0. The van der Waals surface area contributed by atoms with Crippen LogP contribution in [0.5, 0.6) is 0 Å². The third kappa shape index (κ3) is 9.41. The number of nitrogens with one attached hydrogen (secondary N) is 1. The van der Waals surface area contributed by atoms with Gasteiger partial charge in [-0.25, -0.2) is 9.98 Å². The molecule has 2 aromatic rings. The van der Waals surface area contributed by atoms with Gasteiger partial charge in [-0.05, 0) is 71.4 Å². The van der Waals surface area contributed by atoms with Gasteiger partial charge in [-0.15, -0.1) is 0 Å². The summed E-state index contributed by atoms with van der Waals surface area (Å²) < 4.78 is 0. The number of aliphatic imine (C=N–C) groups is 2. The summed E-state index contributed by atoms with van der Waals surface area (Å²) in [6.45, 7) is 17.9. The number of hydrogen-bond acceptors (Lipinski definition) is 4. The molecule has 1 aromatic heterocycles. The summed E-state index contributed by atoms with van der Waals surface area (Å²) in [5, 5.41) is 3.55. The molecule has 4 heteroatoms. The summed E-state index contributed by atoms with van der Waals surface area (Å²) in [7, 11) is 0. The molecule has 1 N–H and O–H groups in total. The fourth-order valence-corrected chi connectivity index (χ4v) is 8.04. The van der Waals surface area contributed by atoms with Crippen molar-refractivity contribution in [3.8, 4) is 0 Å². The number of unbranched alkanes of at least 4 members (excludes halogenated alkanes) is 9. The number of benzene rings is 1. The van der Waals surface area contributed by atoms with Gasteiger partial charge >= 0.3 is 0 Å². The molecule has 0 saturated heterocycles. The number of nitrogens with zero attached hydrogens (tertiary/aromatic N) is 3. The van der Waals surface area contributed by atoms with Crippen LogP contribution in [0.3, 0.4) is 0 Å². The minimum absolute atomic E-state index is 0.0889. The third-order valence-electron chi connectivity index (χ3n) is 11.0. The number of aromatic nitrogens is 1. The van der Waals surface area contributed by atoms with Gasteiger partial charge in [0.05, 0.1) is 5.69 Å². The van der Waals surface area contributed by atoms with Gasteiger partial charge in [0, 0.05) is 22.6 Å².